The van der Waals surface area contributed by atoms with E-state index in [0.29, 0.717) is 12.1 Å². The molecule has 0 saturated carbocycles. The van der Waals surface area contributed by atoms with Crippen molar-refractivity contribution in [2.75, 3.05) is 0 Å². The second kappa shape index (κ2) is 6.96. The minimum Gasteiger partial charge on any atom is -0.348 e. The van der Waals surface area contributed by atoms with Crippen LogP contribution in [-0.2, 0) is 6.54 Å². The first-order chi connectivity index (χ1) is 12.1. The molecule has 0 unspecified atom stereocenters. The van der Waals surface area contributed by atoms with Crippen molar-refractivity contribution < 1.29 is 9.72 Å². The van der Waals surface area contributed by atoms with Crippen LogP contribution in [0.3, 0.4) is 0 Å². The molecular formula is C18H16N4O3. The highest BCUT2D eigenvalue weighted by Crippen LogP contribution is 2.19. The molecule has 2 aromatic carbocycles. The van der Waals surface area contributed by atoms with E-state index in [-0.39, 0.29) is 17.2 Å². The molecule has 0 atom stereocenters. The maximum Gasteiger partial charge on any atom is 0.273 e. The van der Waals surface area contributed by atoms with Gasteiger partial charge in [0, 0.05) is 36.1 Å². The first kappa shape index (κ1) is 16.4. The third kappa shape index (κ3) is 3.55. The number of imidazole rings is 1. The predicted molar refractivity (Wildman–Crippen MR) is 92.6 cm³/mol. The van der Waals surface area contributed by atoms with E-state index < -0.39 is 4.92 Å². The zero-order valence-electron chi connectivity index (χ0n) is 13.5. The number of benzene rings is 2. The summed E-state index contributed by atoms with van der Waals surface area (Å²) in [7, 11) is 0. The molecule has 0 saturated heterocycles. The van der Waals surface area contributed by atoms with Gasteiger partial charge in [-0.3, -0.25) is 14.9 Å². The Balaban J connectivity index is 1.78. The van der Waals surface area contributed by atoms with Crippen LogP contribution in [0.4, 0.5) is 5.69 Å². The van der Waals surface area contributed by atoms with Gasteiger partial charge in [-0.15, -0.1) is 0 Å². The lowest BCUT2D eigenvalue weighted by molar-refractivity contribution is -0.385. The molecule has 3 aromatic rings. The summed E-state index contributed by atoms with van der Waals surface area (Å²) < 4.78 is 1.86. The minimum absolute atomic E-state index is 0.0635. The molecule has 0 fully saturated rings. The van der Waals surface area contributed by atoms with Crippen molar-refractivity contribution in [2.45, 2.75) is 13.5 Å². The lowest BCUT2D eigenvalue weighted by Crippen LogP contribution is -2.23. The van der Waals surface area contributed by atoms with Crippen LogP contribution < -0.4 is 5.32 Å². The maximum atomic E-state index is 12.3. The van der Waals surface area contributed by atoms with E-state index in [2.05, 4.69) is 10.3 Å². The van der Waals surface area contributed by atoms with Crippen molar-refractivity contribution in [1.29, 1.82) is 0 Å². The summed E-state index contributed by atoms with van der Waals surface area (Å²) in [5, 5.41) is 13.8. The first-order valence-electron chi connectivity index (χ1n) is 7.66. The van der Waals surface area contributed by atoms with E-state index in [1.54, 1.807) is 31.6 Å². The zero-order chi connectivity index (χ0) is 17.8. The summed E-state index contributed by atoms with van der Waals surface area (Å²) in [6, 6.07) is 12.1. The Kier molecular flexibility index (Phi) is 4.56. The first-order valence-corrected chi connectivity index (χ1v) is 7.66. The molecule has 1 N–H and O–H groups in total. The second-order valence-electron chi connectivity index (χ2n) is 5.54. The van der Waals surface area contributed by atoms with Gasteiger partial charge in [0.25, 0.3) is 11.6 Å². The Morgan fingerprint density at radius 2 is 2.08 bits per heavy atom. The van der Waals surface area contributed by atoms with Crippen LogP contribution in [0.15, 0.2) is 61.2 Å². The van der Waals surface area contributed by atoms with Gasteiger partial charge in [-0.1, -0.05) is 24.3 Å². The molecule has 7 nitrogen and oxygen atoms in total. The number of rotatable bonds is 5. The molecule has 25 heavy (non-hydrogen) atoms. The maximum absolute atomic E-state index is 12.3. The van der Waals surface area contributed by atoms with Crippen molar-refractivity contribution in [3.05, 3.63) is 88.0 Å². The van der Waals surface area contributed by atoms with Gasteiger partial charge < -0.3 is 9.88 Å². The van der Waals surface area contributed by atoms with Gasteiger partial charge in [-0.2, -0.15) is 0 Å². The topological polar surface area (TPSA) is 90.1 Å². The Labute approximate surface area is 144 Å². The zero-order valence-corrected chi connectivity index (χ0v) is 13.5. The number of hydrogen-bond donors (Lipinski definition) is 1. The highest BCUT2D eigenvalue weighted by Gasteiger charge is 2.15. The molecule has 0 aliphatic heterocycles. The largest absolute Gasteiger partial charge is 0.348 e. The molecule has 1 amide bonds. The summed E-state index contributed by atoms with van der Waals surface area (Å²) >= 11 is 0. The molecule has 7 heteroatoms. The molecular weight excluding hydrogens is 320 g/mol. The number of carbonyl (C=O) groups is 1. The number of nitrogens with one attached hydrogen (secondary N) is 1. The number of nitrogens with zero attached hydrogens (tertiary/aromatic N) is 3. The van der Waals surface area contributed by atoms with Gasteiger partial charge in [0.1, 0.15) is 0 Å². The van der Waals surface area contributed by atoms with E-state index in [1.807, 2.05) is 35.0 Å². The monoisotopic (exact) mass is 336 g/mol. The van der Waals surface area contributed by atoms with Crippen LogP contribution in [0, 0.1) is 17.0 Å². The number of aryl methyl sites for hydroxylation is 1. The number of para-hydroxylation sites is 1. The normalized spacial score (nSPS) is 10.4. The molecule has 126 valence electrons. The van der Waals surface area contributed by atoms with E-state index >= 15 is 0 Å². The summed E-state index contributed by atoms with van der Waals surface area (Å²) in [6.45, 7) is 1.94. The number of aromatic nitrogens is 2. The van der Waals surface area contributed by atoms with Gasteiger partial charge in [0.2, 0.25) is 0 Å². The number of hydrogen-bond acceptors (Lipinski definition) is 4. The minimum atomic E-state index is -0.486. The van der Waals surface area contributed by atoms with Crippen molar-refractivity contribution in [2.24, 2.45) is 0 Å². The van der Waals surface area contributed by atoms with Crippen molar-refractivity contribution in [3.63, 3.8) is 0 Å². The van der Waals surface area contributed by atoms with E-state index in [0.717, 1.165) is 11.3 Å². The van der Waals surface area contributed by atoms with Crippen molar-refractivity contribution >= 4 is 11.6 Å². The Morgan fingerprint density at radius 1 is 1.28 bits per heavy atom. The van der Waals surface area contributed by atoms with Gasteiger partial charge in [0.15, 0.2) is 0 Å². The summed E-state index contributed by atoms with van der Waals surface area (Å²) in [6.07, 6.45) is 5.19. The fraction of sp³-hybridized carbons (Fsp3) is 0.111. The van der Waals surface area contributed by atoms with E-state index in [4.69, 9.17) is 0 Å². The third-order valence-electron chi connectivity index (χ3n) is 3.88. The Hall–Kier alpha value is -3.48. The average molecular weight is 336 g/mol. The fourth-order valence-electron chi connectivity index (χ4n) is 2.54. The Morgan fingerprint density at radius 3 is 2.80 bits per heavy atom. The molecule has 3 rings (SSSR count). The molecule has 0 spiro atoms. The highest BCUT2D eigenvalue weighted by atomic mass is 16.6. The fourth-order valence-corrected chi connectivity index (χ4v) is 2.54. The summed E-state index contributed by atoms with van der Waals surface area (Å²) in [5.41, 5.74) is 2.54. The van der Waals surface area contributed by atoms with Gasteiger partial charge in [-0.05, 0) is 24.6 Å². The van der Waals surface area contributed by atoms with E-state index in [1.165, 1.54) is 6.07 Å². The van der Waals surface area contributed by atoms with Crippen molar-refractivity contribution in [1.82, 2.24) is 14.9 Å². The summed E-state index contributed by atoms with van der Waals surface area (Å²) in [5.74, 6) is -0.358. The number of carbonyl (C=O) groups excluding carboxylic acids is 1. The molecule has 1 heterocycles. The molecule has 0 bridgehead atoms. The predicted octanol–water partition coefficient (Wildman–Crippen LogP) is 3.02. The summed E-state index contributed by atoms with van der Waals surface area (Å²) in [4.78, 5) is 26.9. The standard InChI is InChI=1S/C18H16N4O3/c1-13-6-7-14(10-17(13)22(24)25)18(23)20-11-15-4-2-3-5-16(15)21-9-8-19-12-21/h2-10,12H,11H2,1H3,(H,20,23). The van der Waals surface area contributed by atoms with Gasteiger partial charge in [-0.25, -0.2) is 4.98 Å². The third-order valence-corrected chi connectivity index (χ3v) is 3.88. The van der Waals surface area contributed by atoms with Crippen LogP contribution in [0.5, 0.6) is 0 Å². The SMILES string of the molecule is Cc1ccc(C(=O)NCc2ccccc2-n2ccnc2)cc1[N+](=O)[O-]. The lowest BCUT2D eigenvalue weighted by atomic mass is 10.1. The average Bonchev–Trinajstić information content (AvgIpc) is 3.14. The second-order valence-corrected chi connectivity index (χ2v) is 5.54. The van der Waals surface area contributed by atoms with E-state index in [9.17, 15) is 14.9 Å². The van der Waals surface area contributed by atoms with Crippen LogP contribution in [0.1, 0.15) is 21.5 Å². The number of nitro benzene ring substituents is 1. The molecule has 0 radical (unpaired) electrons. The molecule has 0 aliphatic carbocycles. The highest BCUT2D eigenvalue weighted by molar-refractivity contribution is 5.95. The molecule has 1 aromatic heterocycles. The Bertz CT molecular complexity index is 920. The van der Waals surface area contributed by atoms with Crippen LogP contribution in [0.25, 0.3) is 5.69 Å². The van der Waals surface area contributed by atoms with Crippen LogP contribution in [0.2, 0.25) is 0 Å². The van der Waals surface area contributed by atoms with Gasteiger partial charge >= 0.3 is 0 Å². The number of amides is 1. The lowest BCUT2D eigenvalue weighted by Gasteiger charge is -2.11. The van der Waals surface area contributed by atoms with Gasteiger partial charge in [0.05, 0.1) is 16.9 Å². The van der Waals surface area contributed by atoms with Crippen molar-refractivity contribution in [3.8, 4) is 5.69 Å². The van der Waals surface area contributed by atoms with Crippen LogP contribution >= 0.6 is 0 Å². The number of nitro groups is 1. The quantitative estimate of drug-likeness (QED) is 0.573. The molecule has 0 aliphatic rings. The van der Waals surface area contributed by atoms with Crippen LogP contribution in [-0.4, -0.2) is 20.4 Å². The smallest absolute Gasteiger partial charge is 0.273 e.